The van der Waals surface area contributed by atoms with Crippen molar-refractivity contribution in [3.63, 3.8) is 0 Å². The molecule has 0 radical (unpaired) electrons. The van der Waals surface area contributed by atoms with Crippen molar-refractivity contribution in [3.05, 3.63) is 76.4 Å². The van der Waals surface area contributed by atoms with E-state index in [2.05, 4.69) is 31.1 Å². The van der Waals surface area contributed by atoms with Gasteiger partial charge >= 0.3 is 11.7 Å². The molecule has 3 rings (SSSR count). The highest BCUT2D eigenvalue weighted by molar-refractivity contribution is 5.93. The first-order chi connectivity index (χ1) is 15.8. The van der Waals surface area contributed by atoms with Gasteiger partial charge in [0.25, 0.3) is 5.91 Å². The van der Waals surface area contributed by atoms with Crippen molar-refractivity contribution in [1.82, 2.24) is 20.4 Å². The van der Waals surface area contributed by atoms with Gasteiger partial charge in [-0.05, 0) is 42.3 Å². The number of esters is 1. The number of nitrogens with zero attached hydrogens (tertiary/aromatic N) is 4. The van der Waals surface area contributed by atoms with E-state index in [1.165, 1.54) is 24.4 Å². The van der Waals surface area contributed by atoms with Crippen molar-refractivity contribution in [2.45, 2.75) is 13.8 Å². The predicted octanol–water partition coefficient (Wildman–Crippen LogP) is 3.09. The molecule has 0 aliphatic rings. The molecule has 0 aliphatic heterocycles. The average Bonchev–Trinajstić information content (AvgIpc) is 2.81. The molecule has 1 amide bonds. The lowest BCUT2D eigenvalue weighted by Gasteiger charge is -2.11. The van der Waals surface area contributed by atoms with Gasteiger partial charge < -0.3 is 10.1 Å². The minimum atomic E-state index is -0.685. The van der Waals surface area contributed by atoms with Crippen LogP contribution in [0.3, 0.4) is 0 Å². The van der Waals surface area contributed by atoms with E-state index in [-0.39, 0.29) is 23.2 Å². The van der Waals surface area contributed by atoms with Crippen LogP contribution in [0.15, 0.2) is 55.0 Å². The molecule has 33 heavy (non-hydrogen) atoms. The number of hydrazine groups is 1. The zero-order valence-corrected chi connectivity index (χ0v) is 17.8. The highest BCUT2D eigenvalue weighted by atomic mass is 16.6. The van der Waals surface area contributed by atoms with Crippen LogP contribution >= 0.6 is 0 Å². The number of amides is 1. The van der Waals surface area contributed by atoms with Gasteiger partial charge in [0.2, 0.25) is 11.6 Å². The quantitative estimate of drug-likeness (QED) is 0.250. The number of carbonyl (C=O) groups excluding carboxylic acids is 2. The summed E-state index contributed by atoms with van der Waals surface area (Å²) < 4.78 is 5.18. The zero-order valence-electron chi connectivity index (χ0n) is 17.8. The van der Waals surface area contributed by atoms with Crippen molar-refractivity contribution >= 4 is 34.9 Å². The highest BCUT2D eigenvalue weighted by Gasteiger charge is 2.24. The van der Waals surface area contributed by atoms with Gasteiger partial charge in [0, 0.05) is 11.9 Å². The highest BCUT2D eigenvalue weighted by Crippen LogP contribution is 2.30. The Hall–Kier alpha value is -4.61. The topological polar surface area (TPSA) is 161 Å². The summed E-state index contributed by atoms with van der Waals surface area (Å²) >= 11 is 0. The molecule has 3 aromatic rings. The van der Waals surface area contributed by atoms with E-state index >= 15 is 0 Å². The van der Waals surface area contributed by atoms with Crippen LogP contribution in [0.1, 0.15) is 34.7 Å². The van der Waals surface area contributed by atoms with Crippen molar-refractivity contribution < 1.29 is 19.2 Å². The molecule has 0 bridgehead atoms. The van der Waals surface area contributed by atoms with Gasteiger partial charge in [-0.25, -0.2) is 14.8 Å². The van der Waals surface area contributed by atoms with Gasteiger partial charge in [0.05, 0.1) is 17.1 Å². The predicted molar refractivity (Wildman–Crippen MR) is 119 cm³/mol. The summed E-state index contributed by atoms with van der Waals surface area (Å²) in [4.78, 5) is 46.8. The summed E-state index contributed by atoms with van der Waals surface area (Å²) in [5.74, 6) is -1.18. The van der Waals surface area contributed by atoms with Gasteiger partial charge in [0.15, 0.2) is 0 Å². The number of nitro groups is 1. The number of ether oxygens (including phenoxy) is 1. The Morgan fingerprint density at radius 3 is 2.42 bits per heavy atom. The molecule has 12 heteroatoms. The fraction of sp³-hybridized carbons (Fsp3) is 0.190. The lowest BCUT2D eigenvalue weighted by Crippen LogP contribution is -2.31. The second-order valence-corrected chi connectivity index (χ2v) is 7.17. The second kappa shape index (κ2) is 10.6. The van der Waals surface area contributed by atoms with Crippen LogP contribution in [0.5, 0.6) is 0 Å². The second-order valence-electron chi connectivity index (χ2n) is 7.17. The third kappa shape index (κ3) is 6.19. The first-order valence-corrected chi connectivity index (χ1v) is 9.86. The number of anilines is 3. The number of nitrogens with one attached hydrogen (secondary N) is 3. The van der Waals surface area contributed by atoms with Crippen LogP contribution in [0, 0.1) is 16.0 Å². The maximum Gasteiger partial charge on any atom is 0.355 e. The third-order valence-corrected chi connectivity index (χ3v) is 4.13. The van der Waals surface area contributed by atoms with Crippen LogP contribution in [0.2, 0.25) is 0 Å². The Morgan fingerprint density at radius 2 is 1.79 bits per heavy atom. The van der Waals surface area contributed by atoms with Crippen molar-refractivity contribution in [1.29, 1.82) is 0 Å². The van der Waals surface area contributed by atoms with Gasteiger partial charge in [-0.1, -0.05) is 19.9 Å². The fourth-order valence-electron chi connectivity index (χ4n) is 2.56. The molecule has 0 saturated carbocycles. The van der Waals surface area contributed by atoms with Crippen LogP contribution in [-0.4, -0.2) is 38.4 Å². The summed E-state index contributed by atoms with van der Waals surface area (Å²) in [5.41, 5.74) is 5.17. The molecule has 3 N–H and O–H groups in total. The summed E-state index contributed by atoms with van der Waals surface area (Å²) in [7, 11) is 0. The molecule has 0 saturated heterocycles. The Bertz CT molecular complexity index is 1140. The summed E-state index contributed by atoms with van der Waals surface area (Å²) in [5, 5.41) is 14.5. The molecule has 170 valence electrons. The van der Waals surface area contributed by atoms with Crippen molar-refractivity contribution in [3.8, 4) is 0 Å². The minimum absolute atomic E-state index is 0.111. The van der Waals surface area contributed by atoms with Gasteiger partial charge in [-0.2, -0.15) is 0 Å². The van der Waals surface area contributed by atoms with Gasteiger partial charge in [-0.15, -0.1) is 0 Å². The first kappa shape index (κ1) is 23.1. The molecule has 0 spiro atoms. The molecule has 2 heterocycles. The molecular weight excluding hydrogens is 430 g/mol. The normalized spacial score (nSPS) is 10.4. The van der Waals surface area contributed by atoms with Gasteiger partial charge in [0.1, 0.15) is 12.0 Å². The first-order valence-electron chi connectivity index (χ1n) is 9.86. The Balaban J connectivity index is 1.73. The van der Waals surface area contributed by atoms with Crippen LogP contribution in [0.4, 0.5) is 23.0 Å². The number of hydrogen-bond donors (Lipinski definition) is 3. The SMILES string of the molecule is CC(C)COC(=O)c1ccc(Nc2ncnc(NNC(=O)c3ccccn3)c2[N+](=O)[O-])cc1. The Labute approximate surface area is 188 Å². The fourth-order valence-corrected chi connectivity index (χ4v) is 2.56. The van der Waals surface area contributed by atoms with E-state index in [9.17, 15) is 19.7 Å². The number of hydrogen-bond acceptors (Lipinski definition) is 10. The molecule has 0 unspecified atom stereocenters. The molecular formula is C21H21N7O5. The van der Waals surface area contributed by atoms with E-state index in [0.29, 0.717) is 17.9 Å². The summed E-state index contributed by atoms with van der Waals surface area (Å²) in [6, 6.07) is 11.0. The summed E-state index contributed by atoms with van der Waals surface area (Å²) in [6.45, 7) is 4.17. The van der Waals surface area contributed by atoms with Crippen LogP contribution in [-0.2, 0) is 4.74 Å². The van der Waals surface area contributed by atoms with Gasteiger partial charge in [-0.3, -0.25) is 30.7 Å². The number of aromatic nitrogens is 3. The Morgan fingerprint density at radius 1 is 1.06 bits per heavy atom. The van der Waals surface area contributed by atoms with E-state index < -0.39 is 22.5 Å². The van der Waals surface area contributed by atoms with Crippen LogP contribution < -0.4 is 16.2 Å². The van der Waals surface area contributed by atoms with E-state index in [0.717, 1.165) is 6.33 Å². The third-order valence-electron chi connectivity index (χ3n) is 4.13. The van der Waals surface area contributed by atoms with Crippen molar-refractivity contribution in [2.75, 3.05) is 17.3 Å². The van der Waals surface area contributed by atoms with Crippen LogP contribution in [0.25, 0.3) is 0 Å². The molecule has 0 atom stereocenters. The minimum Gasteiger partial charge on any atom is -0.462 e. The molecule has 2 aromatic heterocycles. The lowest BCUT2D eigenvalue weighted by molar-refractivity contribution is -0.383. The van der Waals surface area contributed by atoms with E-state index in [1.54, 1.807) is 24.3 Å². The number of benzene rings is 1. The average molecular weight is 451 g/mol. The molecule has 0 aliphatic carbocycles. The van der Waals surface area contributed by atoms with E-state index in [4.69, 9.17) is 4.74 Å². The number of rotatable bonds is 9. The number of pyridine rings is 1. The zero-order chi connectivity index (χ0) is 23.8. The van der Waals surface area contributed by atoms with E-state index in [1.807, 2.05) is 13.8 Å². The Kier molecular flexibility index (Phi) is 7.42. The summed E-state index contributed by atoms with van der Waals surface area (Å²) in [6.07, 6.45) is 2.54. The molecule has 1 aromatic carbocycles. The standard InChI is InChI=1S/C21H21N7O5/c1-13(2)11-33-21(30)14-6-8-15(9-7-14)25-18-17(28(31)32)19(24-12-23-18)26-27-20(29)16-5-3-4-10-22-16/h3-10,12-13H,11H2,1-2H3,(H,27,29)(H2,23,24,25,26). The molecule has 0 fully saturated rings. The monoisotopic (exact) mass is 451 g/mol. The molecule has 12 nitrogen and oxygen atoms in total. The smallest absolute Gasteiger partial charge is 0.355 e. The number of carbonyl (C=O) groups is 2. The maximum atomic E-state index is 12.1. The largest absolute Gasteiger partial charge is 0.462 e. The maximum absolute atomic E-state index is 12.1. The lowest BCUT2D eigenvalue weighted by atomic mass is 10.2. The van der Waals surface area contributed by atoms with Crippen molar-refractivity contribution in [2.24, 2.45) is 5.92 Å².